The molecule has 1 aromatic rings. The van der Waals surface area contributed by atoms with Crippen LogP contribution < -0.4 is 5.32 Å². The summed E-state index contributed by atoms with van der Waals surface area (Å²) < 4.78 is 29.4. The Labute approximate surface area is 154 Å². The van der Waals surface area contributed by atoms with Gasteiger partial charge < -0.3 is 10.2 Å². The summed E-state index contributed by atoms with van der Waals surface area (Å²) in [4.78, 5) is 14.0. The molecule has 0 aliphatic carbocycles. The third-order valence-electron chi connectivity index (χ3n) is 4.30. The average Bonchev–Trinajstić information content (AvgIpc) is 2.79. The van der Waals surface area contributed by atoms with Gasteiger partial charge in [0.05, 0.1) is 11.0 Å². The van der Waals surface area contributed by atoms with E-state index >= 15 is 0 Å². The van der Waals surface area contributed by atoms with E-state index in [2.05, 4.69) is 9.71 Å². The number of nitriles is 1. The Morgan fingerprint density at radius 2 is 2.04 bits per heavy atom. The molecule has 7 nitrogen and oxygen atoms in total. The molecule has 0 spiro atoms. The number of rotatable bonds is 4. The molecule has 0 unspecified atom stereocenters. The molecule has 1 aromatic carbocycles. The number of carbonyl (C=O) groups excluding carboxylic acids is 1. The summed E-state index contributed by atoms with van der Waals surface area (Å²) in [7, 11) is -2.03. The molecular weight excluding hydrogens is 352 g/mol. The monoisotopic (exact) mass is 376 g/mol. The summed E-state index contributed by atoms with van der Waals surface area (Å²) in [5.41, 5.74) is -0.896. The molecule has 1 fully saturated rings. The predicted molar refractivity (Wildman–Crippen MR) is 100 cm³/mol. The van der Waals surface area contributed by atoms with Crippen molar-refractivity contribution in [2.75, 3.05) is 18.9 Å². The van der Waals surface area contributed by atoms with Crippen LogP contribution in [0, 0.1) is 16.7 Å². The zero-order valence-electron chi connectivity index (χ0n) is 15.3. The van der Waals surface area contributed by atoms with Crippen LogP contribution in [-0.2, 0) is 14.8 Å². The first kappa shape index (κ1) is 19.9. The summed E-state index contributed by atoms with van der Waals surface area (Å²) in [6.07, 6.45) is 3.62. The third kappa shape index (κ3) is 4.82. The summed E-state index contributed by atoms with van der Waals surface area (Å²) in [5.74, 6) is 0.0620. The number of carbonyl (C=O) groups is 1. The van der Waals surface area contributed by atoms with Crippen LogP contribution in [0.3, 0.4) is 0 Å². The number of amidine groups is 1. The number of nitrogens with one attached hydrogen (secondary N) is 1. The van der Waals surface area contributed by atoms with Gasteiger partial charge in [0.25, 0.3) is 10.0 Å². The second-order valence-corrected chi connectivity index (χ2v) is 8.54. The maximum absolute atomic E-state index is 12.7. The van der Waals surface area contributed by atoms with Crippen molar-refractivity contribution in [2.45, 2.75) is 44.4 Å². The lowest BCUT2D eigenvalue weighted by molar-refractivity contribution is -0.121. The molecule has 0 radical (unpaired) electrons. The van der Waals surface area contributed by atoms with Crippen molar-refractivity contribution < 1.29 is 13.2 Å². The highest BCUT2D eigenvalue weighted by Gasteiger charge is 2.27. The van der Waals surface area contributed by atoms with Crippen LogP contribution in [0.4, 0.5) is 5.69 Å². The molecule has 1 N–H and O–H groups in total. The Balaban J connectivity index is 2.28. The molecule has 1 saturated heterocycles. The molecule has 1 aliphatic rings. The zero-order chi connectivity index (χ0) is 19.4. The molecule has 26 heavy (non-hydrogen) atoms. The van der Waals surface area contributed by atoms with Crippen LogP contribution in [0.1, 0.15) is 39.5 Å². The van der Waals surface area contributed by atoms with Gasteiger partial charge in [-0.25, -0.2) is 0 Å². The fourth-order valence-corrected chi connectivity index (χ4v) is 3.65. The topological polar surface area (TPSA) is 103 Å². The van der Waals surface area contributed by atoms with Crippen molar-refractivity contribution in [3.8, 4) is 6.07 Å². The van der Waals surface area contributed by atoms with Crippen molar-refractivity contribution in [3.05, 3.63) is 24.3 Å². The molecule has 0 atom stereocenters. The molecule has 1 amide bonds. The molecule has 2 rings (SSSR count). The van der Waals surface area contributed by atoms with Crippen LogP contribution in [0.2, 0.25) is 0 Å². The van der Waals surface area contributed by atoms with E-state index in [1.165, 1.54) is 26.0 Å². The van der Waals surface area contributed by atoms with Gasteiger partial charge in [0, 0.05) is 25.7 Å². The molecule has 1 aliphatic heterocycles. The minimum atomic E-state index is -3.88. The second kappa shape index (κ2) is 7.87. The van der Waals surface area contributed by atoms with Crippen molar-refractivity contribution in [1.82, 2.24) is 4.90 Å². The van der Waals surface area contributed by atoms with Crippen LogP contribution in [-0.4, -0.2) is 38.7 Å². The van der Waals surface area contributed by atoms with E-state index in [1.807, 2.05) is 18.0 Å². The number of nitrogens with zero attached hydrogens (tertiary/aromatic N) is 3. The lowest BCUT2D eigenvalue weighted by Gasteiger charge is -2.18. The largest absolute Gasteiger partial charge is 0.362 e. The second-order valence-electron chi connectivity index (χ2n) is 6.93. The average molecular weight is 376 g/mol. The normalized spacial score (nSPS) is 17.5. The van der Waals surface area contributed by atoms with Crippen molar-refractivity contribution in [1.29, 1.82) is 5.26 Å². The van der Waals surface area contributed by atoms with E-state index in [0.717, 1.165) is 25.8 Å². The molecule has 0 saturated carbocycles. The summed E-state index contributed by atoms with van der Waals surface area (Å²) in [6.45, 7) is 3.78. The van der Waals surface area contributed by atoms with Crippen LogP contribution >= 0.6 is 0 Å². The summed E-state index contributed by atoms with van der Waals surface area (Å²) >= 11 is 0. The van der Waals surface area contributed by atoms with Crippen LogP contribution in [0.5, 0.6) is 0 Å². The Morgan fingerprint density at radius 3 is 2.73 bits per heavy atom. The number of sulfonamides is 1. The maximum Gasteiger partial charge on any atom is 0.284 e. The zero-order valence-corrected chi connectivity index (χ0v) is 16.1. The minimum absolute atomic E-state index is 0.00945. The molecule has 1 heterocycles. The smallest absolute Gasteiger partial charge is 0.284 e. The van der Waals surface area contributed by atoms with E-state index in [4.69, 9.17) is 5.26 Å². The van der Waals surface area contributed by atoms with Gasteiger partial charge in [-0.05, 0) is 44.9 Å². The molecule has 0 bridgehead atoms. The molecule has 0 aromatic heterocycles. The van der Waals surface area contributed by atoms with E-state index in [1.54, 1.807) is 12.1 Å². The van der Waals surface area contributed by atoms with E-state index in [9.17, 15) is 13.2 Å². The van der Waals surface area contributed by atoms with E-state index in [-0.39, 0.29) is 4.90 Å². The SMILES string of the molecule is CN1CCCCCC1=NS(=O)(=O)c1cccc(NC(=O)C(C)(C)C#N)c1. The van der Waals surface area contributed by atoms with Crippen molar-refractivity contribution >= 4 is 27.5 Å². The maximum atomic E-state index is 12.7. The molecule has 140 valence electrons. The highest BCUT2D eigenvalue weighted by Crippen LogP contribution is 2.22. The minimum Gasteiger partial charge on any atom is -0.362 e. The van der Waals surface area contributed by atoms with Crippen LogP contribution in [0.25, 0.3) is 0 Å². The first-order chi connectivity index (χ1) is 12.2. The standard InChI is InChI=1S/C18H24N4O3S/c1-18(2,13-19)17(23)20-14-8-7-9-15(12-14)26(24,25)21-16-10-5-4-6-11-22(16)3/h7-9,12H,4-6,10-11H2,1-3H3,(H,20,23). The van der Waals surface area contributed by atoms with Gasteiger partial charge in [-0.2, -0.15) is 13.7 Å². The number of benzene rings is 1. The van der Waals surface area contributed by atoms with Gasteiger partial charge in [-0.1, -0.05) is 12.5 Å². The third-order valence-corrected chi connectivity index (χ3v) is 5.60. The fraction of sp³-hybridized carbons (Fsp3) is 0.500. The van der Waals surface area contributed by atoms with Crippen LogP contribution in [0.15, 0.2) is 33.6 Å². The molecule has 8 heteroatoms. The van der Waals surface area contributed by atoms with Crippen molar-refractivity contribution in [2.24, 2.45) is 9.81 Å². The number of hydrogen-bond donors (Lipinski definition) is 1. The number of amides is 1. The van der Waals surface area contributed by atoms with Gasteiger partial charge in [-0.3, -0.25) is 4.79 Å². The van der Waals surface area contributed by atoms with E-state index in [0.29, 0.717) is 17.9 Å². The Bertz CT molecular complexity index is 853. The number of likely N-dealkylation sites (tertiary alicyclic amines) is 1. The number of hydrogen-bond acceptors (Lipinski definition) is 4. The lowest BCUT2D eigenvalue weighted by atomic mass is 9.95. The Morgan fingerprint density at radius 1 is 1.31 bits per heavy atom. The van der Waals surface area contributed by atoms with Crippen molar-refractivity contribution in [3.63, 3.8) is 0 Å². The van der Waals surface area contributed by atoms with Gasteiger partial charge in [0.1, 0.15) is 11.3 Å². The number of anilines is 1. The molecular formula is C18H24N4O3S. The van der Waals surface area contributed by atoms with Gasteiger partial charge in [0.15, 0.2) is 0 Å². The fourth-order valence-electron chi connectivity index (χ4n) is 2.51. The first-order valence-corrected chi connectivity index (χ1v) is 9.97. The van der Waals surface area contributed by atoms with Gasteiger partial charge >= 0.3 is 0 Å². The quantitative estimate of drug-likeness (QED) is 0.870. The summed E-state index contributed by atoms with van der Waals surface area (Å²) in [5, 5.41) is 11.6. The first-order valence-electron chi connectivity index (χ1n) is 8.53. The Hall–Kier alpha value is -2.40. The summed E-state index contributed by atoms with van der Waals surface area (Å²) in [6, 6.07) is 7.84. The Kier molecular flexibility index (Phi) is 6.03. The highest BCUT2D eigenvalue weighted by molar-refractivity contribution is 7.90. The lowest BCUT2D eigenvalue weighted by Crippen LogP contribution is -2.29. The van der Waals surface area contributed by atoms with Gasteiger partial charge in [-0.15, -0.1) is 4.40 Å². The van der Waals surface area contributed by atoms with E-state index < -0.39 is 21.3 Å². The highest BCUT2D eigenvalue weighted by atomic mass is 32.2. The predicted octanol–water partition coefficient (Wildman–Crippen LogP) is 2.77. The van der Waals surface area contributed by atoms with Gasteiger partial charge in [0.2, 0.25) is 5.91 Å².